The quantitative estimate of drug-likeness (QED) is 0.615. The molecule has 0 fully saturated rings. The first-order valence-corrected chi connectivity index (χ1v) is 8.19. The van der Waals surface area contributed by atoms with E-state index in [2.05, 4.69) is 25.4 Å². The van der Waals surface area contributed by atoms with E-state index in [0.717, 1.165) is 10.8 Å². The third kappa shape index (κ3) is 3.02. The van der Waals surface area contributed by atoms with Crippen LogP contribution < -0.4 is 5.32 Å². The van der Waals surface area contributed by atoms with Gasteiger partial charge in [-0.3, -0.25) is 4.79 Å². The van der Waals surface area contributed by atoms with Crippen LogP contribution in [0.1, 0.15) is 29.1 Å². The number of nitrogens with one attached hydrogen (secondary N) is 1. The monoisotopic (exact) mass is 344 g/mol. The zero-order valence-electron chi connectivity index (χ0n) is 14.1. The van der Waals surface area contributed by atoms with Crippen molar-refractivity contribution in [2.24, 2.45) is 0 Å². The van der Waals surface area contributed by atoms with Crippen molar-refractivity contribution in [2.45, 2.75) is 13.0 Å². The minimum atomic E-state index is -0.361. The molecule has 0 radical (unpaired) electrons. The Hall–Kier alpha value is -3.61. The van der Waals surface area contributed by atoms with Gasteiger partial charge in [-0.25, -0.2) is 15.0 Å². The van der Waals surface area contributed by atoms with Gasteiger partial charge in [-0.15, -0.1) is 0 Å². The van der Waals surface area contributed by atoms with Crippen LogP contribution in [0, 0.1) is 0 Å². The molecular formula is C19H16N6O. The normalized spacial score (nSPS) is 12.0. The predicted octanol–water partition coefficient (Wildman–Crippen LogP) is 2.70. The van der Waals surface area contributed by atoms with Crippen LogP contribution in [0.15, 0.2) is 67.3 Å². The molecule has 26 heavy (non-hydrogen) atoms. The Balaban J connectivity index is 1.57. The van der Waals surface area contributed by atoms with Crippen molar-refractivity contribution in [1.29, 1.82) is 0 Å². The molecule has 7 nitrogen and oxygen atoms in total. The molecule has 1 unspecified atom stereocenters. The van der Waals surface area contributed by atoms with Crippen molar-refractivity contribution in [1.82, 2.24) is 30.0 Å². The third-order valence-corrected chi connectivity index (χ3v) is 4.06. The lowest BCUT2D eigenvalue weighted by Crippen LogP contribution is -2.29. The Morgan fingerprint density at radius 3 is 2.58 bits per heavy atom. The van der Waals surface area contributed by atoms with Gasteiger partial charge in [0.25, 0.3) is 11.9 Å². The SMILES string of the molecule is CC(NC(=O)c1ccc2ccccc2c1)c1ncnn1-c1ncccn1. The first-order valence-electron chi connectivity index (χ1n) is 8.19. The van der Waals surface area contributed by atoms with Crippen molar-refractivity contribution >= 4 is 16.7 Å². The molecule has 0 spiro atoms. The zero-order chi connectivity index (χ0) is 17.9. The Morgan fingerprint density at radius 2 is 1.77 bits per heavy atom. The van der Waals surface area contributed by atoms with Crippen LogP contribution in [0.3, 0.4) is 0 Å². The topological polar surface area (TPSA) is 85.6 Å². The van der Waals surface area contributed by atoms with E-state index in [1.807, 2.05) is 49.4 Å². The summed E-state index contributed by atoms with van der Waals surface area (Å²) in [4.78, 5) is 25.2. The molecular weight excluding hydrogens is 328 g/mol. The summed E-state index contributed by atoms with van der Waals surface area (Å²) in [6, 6.07) is 14.9. The zero-order valence-corrected chi connectivity index (χ0v) is 14.1. The maximum atomic E-state index is 12.6. The second-order valence-corrected chi connectivity index (χ2v) is 5.84. The number of rotatable bonds is 4. The van der Waals surface area contributed by atoms with E-state index in [4.69, 9.17) is 0 Å². The van der Waals surface area contributed by atoms with Gasteiger partial charge in [0.2, 0.25) is 0 Å². The molecule has 2 aromatic carbocycles. The van der Waals surface area contributed by atoms with Gasteiger partial charge in [-0.2, -0.15) is 9.78 Å². The fourth-order valence-electron chi connectivity index (χ4n) is 2.78. The molecule has 0 aliphatic heterocycles. The number of benzene rings is 2. The second kappa shape index (κ2) is 6.72. The lowest BCUT2D eigenvalue weighted by Gasteiger charge is -2.14. The van der Waals surface area contributed by atoms with Crippen molar-refractivity contribution in [2.75, 3.05) is 0 Å². The molecule has 1 N–H and O–H groups in total. The van der Waals surface area contributed by atoms with E-state index < -0.39 is 0 Å². The van der Waals surface area contributed by atoms with Crippen LogP contribution in [-0.2, 0) is 0 Å². The Labute approximate surface area is 149 Å². The molecule has 0 aliphatic rings. The first-order chi connectivity index (χ1) is 12.7. The highest BCUT2D eigenvalue weighted by Crippen LogP contribution is 2.17. The Morgan fingerprint density at radius 1 is 1.00 bits per heavy atom. The number of fused-ring (bicyclic) bond motifs is 1. The fourth-order valence-corrected chi connectivity index (χ4v) is 2.78. The Kier molecular flexibility index (Phi) is 4.10. The maximum Gasteiger partial charge on any atom is 0.252 e. The summed E-state index contributed by atoms with van der Waals surface area (Å²) < 4.78 is 1.52. The number of carbonyl (C=O) groups is 1. The summed E-state index contributed by atoms with van der Waals surface area (Å²) in [7, 11) is 0. The van der Waals surface area contributed by atoms with Crippen LogP contribution in [0.25, 0.3) is 16.7 Å². The molecule has 0 bridgehead atoms. The van der Waals surface area contributed by atoms with Crippen molar-refractivity contribution in [3.8, 4) is 5.95 Å². The summed E-state index contributed by atoms with van der Waals surface area (Å²) >= 11 is 0. The average molecular weight is 344 g/mol. The lowest BCUT2D eigenvalue weighted by molar-refractivity contribution is 0.0938. The fraction of sp³-hybridized carbons (Fsp3) is 0.105. The number of carbonyl (C=O) groups excluding carboxylic acids is 1. The minimum Gasteiger partial charge on any atom is -0.342 e. The summed E-state index contributed by atoms with van der Waals surface area (Å²) in [6.45, 7) is 1.85. The second-order valence-electron chi connectivity index (χ2n) is 5.84. The molecule has 4 rings (SSSR count). The van der Waals surface area contributed by atoms with E-state index in [0.29, 0.717) is 17.3 Å². The number of amides is 1. The van der Waals surface area contributed by atoms with E-state index in [1.165, 1.54) is 11.0 Å². The molecule has 4 aromatic rings. The van der Waals surface area contributed by atoms with Gasteiger partial charge in [-0.05, 0) is 35.9 Å². The maximum absolute atomic E-state index is 12.6. The Bertz CT molecular complexity index is 1060. The number of nitrogens with zero attached hydrogens (tertiary/aromatic N) is 5. The van der Waals surface area contributed by atoms with Crippen LogP contribution in [0.2, 0.25) is 0 Å². The molecule has 1 amide bonds. The van der Waals surface area contributed by atoms with Crippen molar-refractivity contribution < 1.29 is 4.79 Å². The van der Waals surface area contributed by atoms with Gasteiger partial charge in [0, 0.05) is 18.0 Å². The number of hydrogen-bond donors (Lipinski definition) is 1. The molecule has 1 atom stereocenters. The van der Waals surface area contributed by atoms with Crippen molar-refractivity contribution in [3.63, 3.8) is 0 Å². The highest BCUT2D eigenvalue weighted by Gasteiger charge is 2.18. The largest absolute Gasteiger partial charge is 0.342 e. The molecule has 7 heteroatoms. The summed E-state index contributed by atoms with van der Waals surface area (Å²) in [5.74, 6) is 0.795. The number of aromatic nitrogens is 5. The van der Waals surface area contributed by atoms with Crippen LogP contribution in [0.4, 0.5) is 0 Å². The van der Waals surface area contributed by atoms with Gasteiger partial charge in [0.05, 0.1) is 6.04 Å². The molecule has 0 aliphatic carbocycles. The van der Waals surface area contributed by atoms with Crippen molar-refractivity contribution in [3.05, 3.63) is 78.6 Å². The van der Waals surface area contributed by atoms with Gasteiger partial charge < -0.3 is 5.32 Å². The highest BCUT2D eigenvalue weighted by molar-refractivity contribution is 5.98. The van der Waals surface area contributed by atoms with Gasteiger partial charge in [-0.1, -0.05) is 30.3 Å². The summed E-state index contributed by atoms with van der Waals surface area (Å²) in [6.07, 6.45) is 4.68. The summed E-state index contributed by atoms with van der Waals surface area (Å²) in [5.41, 5.74) is 0.595. The average Bonchev–Trinajstić information content (AvgIpc) is 3.18. The van der Waals surface area contributed by atoms with Gasteiger partial charge >= 0.3 is 0 Å². The third-order valence-electron chi connectivity index (χ3n) is 4.06. The molecule has 0 saturated heterocycles. The lowest BCUT2D eigenvalue weighted by atomic mass is 10.1. The van der Waals surface area contributed by atoms with Gasteiger partial charge in [0.15, 0.2) is 5.82 Å². The number of hydrogen-bond acceptors (Lipinski definition) is 5. The first kappa shape index (κ1) is 15.9. The molecule has 2 heterocycles. The van der Waals surface area contributed by atoms with Crippen LogP contribution >= 0.6 is 0 Å². The van der Waals surface area contributed by atoms with E-state index in [-0.39, 0.29) is 11.9 Å². The molecule has 128 valence electrons. The van der Waals surface area contributed by atoms with E-state index >= 15 is 0 Å². The smallest absolute Gasteiger partial charge is 0.252 e. The predicted molar refractivity (Wildman–Crippen MR) is 96.8 cm³/mol. The molecule has 2 aromatic heterocycles. The standard InChI is InChI=1S/C19H16N6O/c1-13(17-22-12-23-25(17)19-20-9-4-10-21-19)24-18(26)16-8-7-14-5-2-3-6-15(14)11-16/h2-13H,1H3,(H,24,26). The summed E-state index contributed by atoms with van der Waals surface area (Å²) in [5, 5.41) is 9.23. The molecule has 0 saturated carbocycles. The van der Waals surface area contributed by atoms with Crippen LogP contribution in [0.5, 0.6) is 0 Å². The van der Waals surface area contributed by atoms with Gasteiger partial charge in [0.1, 0.15) is 6.33 Å². The van der Waals surface area contributed by atoms with Crippen LogP contribution in [-0.4, -0.2) is 30.6 Å². The highest BCUT2D eigenvalue weighted by atomic mass is 16.1. The minimum absolute atomic E-state index is 0.174. The van der Waals surface area contributed by atoms with E-state index in [9.17, 15) is 4.79 Å². The van der Waals surface area contributed by atoms with E-state index in [1.54, 1.807) is 18.5 Å².